The van der Waals surface area contributed by atoms with Gasteiger partial charge in [0.25, 0.3) is 0 Å². The number of imidazole rings is 1. The summed E-state index contributed by atoms with van der Waals surface area (Å²) in [7, 11) is 0. The number of hydrogen-bond acceptors (Lipinski definition) is 7. The van der Waals surface area contributed by atoms with Crippen molar-refractivity contribution in [2.75, 3.05) is 18.4 Å². The molecule has 0 saturated heterocycles. The number of amides is 1. The number of esters is 1. The zero-order chi connectivity index (χ0) is 20.4. The Morgan fingerprint density at radius 2 is 1.82 bits per heavy atom. The van der Waals surface area contributed by atoms with E-state index in [9.17, 15) is 9.59 Å². The van der Waals surface area contributed by atoms with Crippen molar-refractivity contribution in [2.24, 2.45) is 0 Å². The number of nitrogens with one attached hydrogen (secondary N) is 3. The fourth-order valence-corrected chi connectivity index (χ4v) is 2.65. The first kappa shape index (κ1) is 21.7. The standard InChI is InChI=1S/C19H30N6O3/c1-19(2,3)28-15(27)8-6-4-5-7-10-20-11-9-14(26)25-18-16-17(22-12-21-16)23-13-24-18/h12-13,20H,4-11H2,1-3H3,(H2,21,22,23,24,25,26). The minimum absolute atomic E-state index is 0.112. The van der Waals surface area contributed by atoms with Crippen LogP contribution < -0.4 is 10.6 Å². The van der Waals surface area contributed by atoms with Crippen LogP contribution in [-0.2, 0) is 14.3 Å². The highest BCUT2D eigenvalue weighted by Crippen LogP contribution is 2.14. The van der Waals surface area contributed by atoms with E-state index in [1.54, 1.807) is 0 Å². The molecule has 28 heavy (non-hydrogen) atoms. The Morgan fingerprint density at radius 3 is 2.61 bits per heavy atom. The third-order valence-electron chi connectivity index (χ3n) is 3.91. The maximum absolute atomic E-state index is 12.0. The lowest BCUT2D eigenvalue weighted by Gasteiger charge is -2.19. The number of H-pyrrole nitrogens is 1. The van der Waals surface area contributed by atoms with Crippen LogP contribution in [-0.4, -0.2) is 50.5 Å². The summed E-state index contributed by atoms with van der Waals surface area (Å²) in [5.41, 5.74) is 0.732. The van der Waals surface area contributed by atoms with Crippen LogP contribution in [0.1, 0.15) is 59.3 Å². The molecule has 0 aliphatic carbocycles. The van der Waals surface area contributed by atoms with E-state index in [-0.39, 0.29) is 11.9 Å². The predicted molar refractivity (Wildman–Crippen MR) is 107 cm³/mol. The molecule has 0 saturated carbocycles. The first-order valence-corrected chi connectivity index (χ1v) is 9.71. The van der Waals surface area contributed by atoms with Crippen molar-refractivity contribution < 1.29 is 14.3 Å². The van der Waals surface area contributed by atoms with Crippen molar-refractivity contribution in [1.82, 2.24) is 25.3 Å². The molecule has 154 valence electrons. The highest BCUT2D eigenvalue weighted by atomic mass is 16.6. The number of ether oxygens (including phenoxy) is 1. The van der Waals surface area contributed by atoms with Crippen molar-refractivity contribution in [3.63, 3.8) is 0 Å². The number of nitrogens with zero attached hydrogens (tertiary/aromatic N) is 3. The minimum atomic E-state index is -0.412. The topological polar surface area (TPSA) is 122 Å². The molecule has 0 aliphatic heterocycles. The zero-order valence-corrected chi connectivity index (χ0v) is 16.9. The molecule has 0 unspecified atom stereocenters. The van der Waals surface area contributed by atoms with E-state index >= 15 is 0 Å². The van der Waals surface area contributed by atoms with Gasteiger partial charge in [-0.05, 0) is 40.2 Å². The van der Waals surface area contributed by atoms with E-state index < -0.39 is 5.60 Å². The lowest BCUT2D eigenvalue weighted by molar-refractivity contribution is -0.154. The van der Waals surface area contributed by atoms with Crippen LogP contribution in [0.5, 0.6) is 0 Å². The Balaban J connectivity index is 1.49. The van der Waals surface area contributed by atoms with Gasteiger partial charge in [-0.3, -0.25) is 9.59 Å². The highest BCUT2D eigenvalue weighted by Gasteiger charge is 2.15. The van der Waals surface area contributed by atoms with Crippen molar-refractivity contribution in [3.8, 4) is 0 Å². The Bertz CT molecular complexity index is 768. The molecule has 0 bridgehead atoms. The molecular weight excluding hydrogens is 360 g/mol. The Kier molecular flexibility index (Phi) is 8.31. The van der Waals surface area contributed by atoms with Gasteiger partial charge < -0.3 is 20.4 Å². The molecule has 0 spiro atoms. The third-order valence-corrected chi connectivity index (χ3v) is 3.91. The van der Waals surface area contributed by atoms with Gasteiger partial charge >= 0.3 is 5.97 Å². The summed E-state index contributed by atoms with van der Waals surface area (Å²) in [6, 6.07) is 0. The number of aromatic nitrogens is 4. The van der Waals surface area contributed by atoms with Crippen molar-refractivity contribution >= 4 is 28.9 Å². The second kappa shape index (κ2) is 10.7. The van der Waals surface area contributed by atoms with Gasteiger partial charge in [0.1, 0.15) is 17.4 Å². The van der Waals surface area contributed by atoms with Crippen LogP contribution in [0.2, 0.25) is 0 Å². The highest BCUT2D eigenvalue weighted by molar-refractivity contribution is 5.96. The average Bonchev–Trinajstić information content (AvgIpc) is 3.08. The second-order valence-electron chi connectivity index (χ2n) is 7.62. The Labute approximate surface area is 165 Å². The van der Waals surface area contributed by atoms with E-state index in [2.05, 4.69) is 30.6 Å². The fraction of sp³-hybridized carbons (Fsp3) is 0.632. The number of carbonyl (C=O) groups excluding carboxylic acids is 2. The maximum atomic E-state index is 12.0. The Hall–Kier alpha value is -2.55. The molecule has 1 amide bonds. The zero-order valence-electron chi connectivity index (χ0n) is 16.9. The van der Waals surface area contributed by atoms with Crippen LogP contribution in [0.3, 0.4) is 0 Å². The summed E-state index contributed by atoms with van der Waals surface area (Å²) < 4.78 is 5.28. The SMILES string of the molecule is CC(C)(C)OC(=O)CCCCCCNCCC(=O)Nc1ncnc2nc[nH]c12. The minimum Gasteiger partial charge on any atom is -0.460 e. The van der Waals surface area contributed by atoms with Crippen LogP contribution >= 0.6 is 0 Å². The monoisotopic (exact) mass is 390 g/mol. The van der Waals surface area contributed by atoms with Gasteiger partial charge in [-0.1, -0.05) is 12.8 Å². The van der Waals surface area contributed by atoms with Crippen molar-refractivity contribution in [1.29, 1.82) is 0 Å². The molecule has 0 atom stereocenters. The molecule has 2 rings (SSSR count). The Morgan fingerprint density at radius 1 is 1.04 bits per heavy atom. The van der Waals surface area contributed by atoms with Crippen molar-refractivity contribution in [2.45, 2.75) is 64.9 Å². The lowest BCUT2D eigenvalue weighted by atomic mass is 10.1. The number of anilines is 1. The summed E-state index contributed by atoms with van der Waals surface area (Å²) in [6.45, 7) is 7.08. The van der Waals surface area contributed by atoms with Gasteiger partial charge in [-0.25, -0.2) is 15.0 Å². The van der Waals surface area contributed by atoms with E-state index in [1.807, 2.05) is 20.8 Å². The van der Waals surface area contributed by atoms with Crippen molar-refractivity contribution in [3.05, 3.63) is 12.7 Å². The van der Waals surface area contributed by atoms with Gasteiger partial charge in [0.2, 0.25) is 5.91 Å². The molecule has 2 aromatic heterocycles. The average molecular weight is 390 g/mol. The van der Waals surface area contributed by atoms with E-state index in [0.29, 0.717) is 36.4 Å². The lowest BCUT2D eigenvalue weighted by Crippen LogP contribution is -2.23. The molecule has 0 radical (unpaired) electrons. The molecule has 2 heterocycles. The summed E-state index contributed by atoms with van der Waals surface area (Å²) in [5, 5.41) is 6.03. The predicted octanol–water partition coefficient (Wildman–Crippen LogP) is 2.56. The molecule has 0 aliphatic rings. The molecule has 2 aromatic rings. The van der Waals surface area contributed by atoms with E-state index in [4.69, 9.17) is 4.74 Å². The number of aromatic amines is 1. The fourth-order valence-electron chi connectivity index (χ4n) is 2.65. The quantitative estimate of drug-likeness (QED) is 0.398. The normalized spacial score (nSPS) is 11.5. The van der Waals surface area contributed by atoms with Gasteiger partial charge in [-0.2, -0.15) is 0 Å². The van der Waals surface area contributed by atoms with E-state index in [1.165, 1.54) is 12.7 Å². The molecule has 0 aromatic carbocycles. The second-order valence-corrected chi connectivity index (χ2v) is 7.62. The first-order valence-electron chi connectivity index (χ1n) is 9.71. The van der Waals surface area contributed by atoms with Gasteiger partial charge in [0.05, 0.1) is 6.33 Å². The smallest absolute Gasteiger partial charge is 0.306 e. The first-order chi connectivity index (χ1) is 13.3. The van der Waals surface area contributed by atoms with Crippen LogP contribution in [0.15, 0.2) is 12.7 Å². The number of rotatable bonds is 11. The number of carbonyl (C=O) groups is 2. The molecule has 9 heteroatoms. The molecular formula is C19H30N6O3. The van der Waals surface area contributed by atoms with Crippen LogP contribution in [0.25, 0.3) is 11.2 Å². The van der Waals surface area contributed by atoms with Crippen LogP contribution in [0.4, 0.5) is 5.82 Å². The molecule has 3 N–H and O–H groups in total. The molecule has 0 fully saturated rings. The van der Waals surface area contributed by atoms with Gasteiger partial charge in [0.15, 0.2) is 11.5 Å². The largest absolute Gasteiger partial charge is 0.460 e. The summed E-state index contributed by atoms with van der Waals surface area (Å²) >= 11 is 0. The number of hydrogen-bond donors (Lipinski definition) is 3. The van der Waals surface area contributed by atoms with Gasteiger partial charge in [-0.15, -0.1) is 0 Å². The number of fused-ring (bicyclic) bond motifs is 1. The summed E-state index contributed by atoms with van der Waals surface area (Å²) in [4.78, 5) is 38.7. The number of unbranched alkanes of at least 4 members (excludes halogenated alkanes) is 3. The van der Waals surface area contributed by atoms with Crippen LogP contribution in [0, 0.1) is 0 Å². The molecule has 9 nitrogen and oxygen atoms in total. The third kappa shape index (κ3) is 7.99. The maximum Gasteiger partial charge on any atom is 0.306 e. The summed E-state index contributed by atoms with van der Waals surface area (Å²) in [5.74, 6) is 0.199. The van der Waals surface area contributed by atoms with E-state index in [0.717, 1.165) is 32.2 Å². The summed E-state index contributed by atoms with van der Waals surface area (Å²) in [6.07, 6.45) is 7.62. The van der Waals surface area contributed by atoms with Gasteiger partial charge in [0, 0.05) is 19.4 Å².